The molecule has 0 saturated carbocycles. The molecule has 6 nitrogen and oxygen atoms in total. The van der Waals surface area contributed by atoms with Gasteiger partial charge in [0.15, 0.2) is 5.96 Å². The molecule has 0 aliphatic rings. The quantitative estimate of drug-likeness (QED) is 0.391. The summed E-state index contributed by atoms with van der Waals surface area (Å²) in [5.41, 5.74) is 1.20. The molecule has 0 amide bonds. The minimum atomic E-state index is 0.559. The van der Waals surface area contributed by atoms with Crippen LogP contribution in [0.15, 0.2) is 17.4 Å². The molecule has 1 aromatic rings. The first-order valence-corrected chi connectivity index (χ1v) is 9.21. The normalized spacial score (nSPS) is 12.5. The zero-order valence-corrected chi connectivity index (χ0v) is 16.3. The second-order valence-electron chi connectivity index (χ2n) is 6.75. The van der Waals surface area contributed by atoms with Crippen molar-refractivity contribution in [1.82, 2.24) is 25.3 Å². The molecule has 0 atom stereocenters. The Morgan fingerprint density at radius 2 is 1.96 bits per heavy atom. The number of guanidine groups is 1. The number of nitrogens with one attached hydrogen (secondary N) is 2. The van der Waals surface area contributed by atoms with Gasteiger partial charge in [-0.1, -0.05) is 0 Å². The molecular formula is C18H36N6. The highest BCUT2D eigenvalue weighted by Gasteiger charge is 2.12. The van der Waals surface area contributed by atoms with Gasteiger partial charge in [-0.25, -0.2) is 0 Å². The molecule has 0 saturated heterocycles. The summed E-state index contributed by atoms with van der Waals surface area (Å²) in [6.45, 7) is 17.6. The van der Waals surface area contributed by atoms with E-state index < -0.39 is 0 Å². The number of hydrogen-bond donors (Lipinski definition) is 2. The Balaban J connectivity index is 2.36. The number of aryl methyl sites for hydroxylation is 2. The van der Waals surface area contributed by atoms with Gasteiger partial charge in [0.25, 0.3) is 0 Å². The summed E-state index contributed by atoms with van der Waals surface area (Å²) in [7, 11) is 0. The fraction of sp³-hybridized carbons (Fsp3) is 0.778. The summed E-state index contributed by atoms with van der Waals surface area (Å²) in [4.78, 5) is 7.14. The smallest absolute Gasteiger partial charge is 0.191 e. The second-order valence-corrected chi connectivity index (χ2v) is 6.75. The maximum atomic E-state index is 4.66. The molecule has 138 valence electrons. The minimum absolute atomic E-state index is 0.559. The lowest BCUT2D eigenvalue weighted by atomic mass is 10.2. The summed E-state index contributed by atoms with van der Waals surface area (Å²) in [5, 5.41) is 11.1. The molecule has 0 aliphatic heterocycles. The van der Waals surface area contributed by atoms with Crippen LogP contribution in [-0.2, 0) is 6.54 Å². The van der Waals surface area contributed by atoms with E-state index in [0.717, 1.165) is 45.1 Å². The van der Waals surface area contributed by atoms with Gasteiger partial charge in [0, 0.05) is 51.0 Å². The molecule has 1 rings (SSSR count). The summed E-state index contributed by atoms with van der Waals surface area (Å²) >= 11 is 0. The van der Waals surface area contributed by atoms with Crippen LogP contribution in [-0.4, -0.2) is 58.9 Å². The first-order chi connectivity index (χ1) is 11.4. The van der Waals surface area contributed by atoms with Gasteiger partial charge in [0.2, 0.25) is 0 Å². The number of nitrogens with zero attached hydrogens (tertiary/aromatic N) is 4. The van der Waals surface area contributed by atoms with Gasteiger partial charge in [-0.15, -0.1) is 0 Å². The lowest BCUT2D eigenvalue weighted by molar-refractivity contribution is 0.178. The summed E-state index contributed by atoms with van der Waals surface area (Å²) < 4.78 is 1.98. The van der Waals surface area contributed by atoms with Crippen molar-refractivity contribution in [2.75, 3.05) is 26.2 Å². The Bertz CT molecular complexity index is 470. The fourth-order valence-corrected chi connectivity index (χ4v) is 2.77. The maximum absolute atomic E-state index is 4.66. The van der Waals surface area contributed by atoms with Crippen molar-refractivity contribution < 1.29 is 0 Å². The van der Waals surface area contributed by atoms with E-state index in [1.807, 2.05) is 10.9 Å². The molecule has 2 N–H and O–H groups in total. The molecule has 0 unspecified atom stereocenters. The summed E-state index contributed by atoms with van der Waals surface area (Å²) in [5.74, 6) is 0.904. The predicted octanol–water partition coefficient (Wildman–Crippen LogP) is 2.26. The van der Waals surface area contributed by atoms with Crippen molar-refractivity contribution in [2.45, 2.75) is 66.6 Å². The number of hydrogen-bond acceptors (Lipinski definition) is 3. The number of aromatic nitrogens is 2. The monoisotopic (exact) mass is 336 g/mol. The third kappa shape index (κ3) is 7.81. The van der Waals surface area contributed by atoms with Gasteiger partial charge in [-0.05, 0) is 53.5 Å². The van der Waals surface area contributed by atoms with E-state index in [1.54, 1.807) is 0 Å². The largest absolute Gasteiger partial charge is 0.357 e. The van der Waals surface area contributed by atoms with Crippen LogP contribution in [0.1, 0.15) is 46.6 Å². The van der Waals surface area contributed by atoms with Crippen LogP contribution in [0.5, 0.6) is 0 Å². The first-order valence-electron chi connectivity index (χ1n) is 9.21. The van der Waals surface area contributed by atoms with Crippen molar-refractivity contribution in [3.05, 3.63) is 18.0 Å². The van der Waals surface area contributed by atoms with Crippen LogP contribution in [0.2, 0.25) is 0 Å². The third-order valence-electron chi connectivity index (χ3n) is 3.91. The average Bonchev–Trinajstić information content (AvgIpc) is 2.92. The molecule has 0 spiro atoms. The van der Waals surface area contributed by atoms with E-state index in [-0.39, 0.29) is 0 Å². The van der Waals surface area contributed by atoms with Crippen LogP contribution in [0, 0.1) is 6.92 Å². The van der Waals surface area contributed by atoms with E-state index in [2.05, 4.69) is 73.4 Å². The highest BCUT2D eigenvalue weighted by atomic mass is 15.3. The van der Waals surface area contributed by atoms with Gasteiger partial charge in [0.05, 0.1) is 6.20 Å². The molecule has 1 aromatic heterocycles. The summed E-state index contributed by atoms with van der Waals surface area (Å²) in [6.07, 6.45) is 4.95. The molecule has 0 aromatic carbocycles. The SMILES string of the molecule is CCNC(=NCCCn1cc(C)cn1)NCCN(C(C)C)C(C)C. The maximum Gasteiger partial charge on any atom is 0.191 e. The van der Waals surface area contributed by atoms with Crippen molar-refractivity contribution in [3.63, 3.8) is 0 Å². The van der Waals surface area contributed by atoms with E-state index in [9.17, 15) is 0 Å². The van der Waals surface area contributed by atoms with Crippen LogP contribution < -0.4 is 10.6 Å². The minimum Gasteiger partial charge on any atom is -0.357 e. The Kier molecular flexibility index (Phi) is 9.45. The average molecular weight is 337 g/mol. The summed E-state index contributed by atoms with van der Waals surface area (Å²) in [6, 6.07) is 1.12. The molecule has 0 fully saturated rings. The van der Waals surface area contributed by atoms with Gasteiger partial charge in [-0.3, -0.25) is 14.6 Å². The topological polar surface area (TPSA) is 57.5 Å². The van der Waals surface area contributed by atoms with E-state index >= 15 is 0 Å². The van der Waals surface area contributed by atoms with Crippen LogP contribution in [0.4, 0.5) is 0 Å². The molecule has 0 aliphatic carbocycles. The van der Waals surface area contributed by atoms with Crippen LogP contribution >= 0.6 is 0 Å². The predicted molar refractivity (Wildman–Crippen MR) is 103 cm³/mol. The van der Waals surface area contributed by atoms with Crippen molar-refractivity contribution >= 4 is 5.96 Å². The lowest BCUT2D eigenvalue weighted by Gasteiger charge is -2.30. The zero-order chi connectivity index (χ0) is 17.9. The zero-order valence-electron chi connectivity index (χ0n) is 16.3. The molecule has 0 bridgehead atoms. The first kappa shape index (κ1) is 20.5. The van der Waals surface area contributed by atoms with E-state index in [0.29, 0.717) is 12.1 Å². The second kappa shape index (κ2) is 11.1. The standard InChI is InChI=1S/C18H36N6/c1-7-19-18(21-10-12-24(15(2)3)16(4)5)20-9-8-11-23-14-17(6)13-22-23/h13-16H,7-12H2,1-6H3,(H2,19,20,21). The van der Waals surface area contributed by atoms with Gasteiger partial charge < -0.3 is 10.6 Å². The molecule has 1 heterocycles. The highest BCUT2D eigenvalue weighted by molar-refractivity contribution is 5.79. The molecule has 6 heteroatoms. The van der Waals surface area contributed by atoms with E-state index in [4.69, 9.17) is 0 Å². The van der Waals surface area contributed by atoms with Crippen molar-refractivity contribution in [3.8, 4) is 0 Å². The van der Waals surface area contributed by atoms with Gasteiger partial charge in [-0.2, -0.15) is 5.10 Å². The lowest BCUT2D eigenvalue weighted by Crippen LogP contribution is -2.45. The Hall–Kier alpha value is -1.56. The fourth-order valence-electron chi connectivity index (χ4n) is 2.77. The van der Waals surface area contributed by atoms with Crippen LogP contribution in [0.3, 0.4) is 0 Å². The van der Waals surface area contributed by atoms with E-state index in [1.165, 1.54) is 5.56 Å². The molecule has 0 radical (unpaired) electrons. The number of aliphatic imine (C=N–C) groups is 1. The van der Waals surface area contributed by atoms with Gasteiger partial charge >= 0.3 is 0 Å². The highest BCUT2D eigenvalue weighted by Crippen LogP contribution is 2.03. The molecule has 24 heavy (non-hydrogen) atoms. The Morgan fingerprint density at radius 3 is 2.50 bits per heavy atom. The Morgan fingerprint density at radius 1 is 1.25 bits per heavy atom. The van der Waals surface area contributed by atoms with Crippen molar-refractivity contribution in [2.24, 2.45) is 4.99 Å². The van der Waals surface area contributed by atoms with Crippen molar-refractivity contribution in [1.29, 1.82) is 0 Å². The number of rotatable bonds is 10. The van der Waals surface area contributed by atoms with Gasteiger partial charge in [0.1, 0.15) is 0 Å². The molecular weight excluding hydrogens is 300 g/mol. The third-order valence-corrected chi connectivity index (χ3v) is 3.91. The van der Waals surface area contributed by atoms with Crippen LogP contribution in [0.25, 0.3) is 0 Å². The Labute approximate surface area is 147 Å².